The lowest BCUT2D eigenvalue weighted by molar-refractivity contribution is -0.131. The summed E-state index contributed by atoms with van der Waals surface area (Å²) in [6, 6.07) is 7.20. The number of halogens is 2. The van der Waals surface area contributed by atoms with Crippen LogP contribution in [0.15, 0.2) is 24.3 Å². The first-order valence-electron chi connectivity index (χ1n) is 6.11. The standard InChI is InChI=1S/C13H17ClN2O2S.ClH/c1-16(13(17)12-8-19-9-15-12)5-6-18-11-4-2-3-10(14)7-11;/h2-4,7,12,15H,5-6,8-9H2,1H3;1H. The molecule has 0 aliphatic carbocycles. The van der Waals surface area contributed by atoms with Crippen LogP contribution >= 0.6 is 35.8 Å². The molecule has 7 heteroatoms. The first kappa shape index (κ1) is 17.4. The van der Waals surface area contributed by atoms with E-state index in [1.54, 1.807) is 35.8 Å². The van der Waals surface area contributed by atoms with Gasteiger partial charge < -0.3 is 9.64 Å². The van der Waals surface area contributed by atoms with Gasteiger partial charge in [0.15, 0.2) is 0 Å². The Labute approximate surface area is 134 Å². The Morgan fingerprint density at radius 1 is 1.60 bits per heavy atom. The number of nitrogens with one attached hydrogen (secondary N) is 1. The molecule has 20 heavy (non-hydrogen) atoms. The third kappa shape index (κ3) is 5.05. The maximum atomic E-state index is 12.0. The molecule has 1 amide bonds. The van der Waals surface area contributed by atoms with Crippen LogP contribution in [-0.2, 0) is 4.79 Å². The van der Waals surface area contributed by atoms with Gasteiger partial charge in [0.05, 0.1) is 12.6 Å². The van der Waals surface area contributed by atoms with E-state index in [2.05, 4.69) is 5.32 Å². The Morgan fingerprint density at radius 2 is 2.40 bits per heavy atom. The topological polar surface area (TPSA) is 41.6 Å². The van der Waals surface area contributed by atoms with Crippen molar-refractivity contribution >= 4 is 41.7 Å². The normalized spacial score (nSPS) is 17.4. The van der Waals surface area contributed by atoms with E-state index < -0.39 is 0 Å². The van der Waals surface area contributed by atoms with Gasteiger partial charge >= 0.3 is 0 Å². The van der Waals surface area contributed by atoms with Crippen LogP contribution in [0.5, 0.6) is 5.75 Å². The third-order valence-corrected chi connectivity index (χ3v) is 4.06. The fourth-order valence-electron chi connectivity index (χ4n) is 1.79. The van der Waals surface area contributed by atoms with Crippen LogP contribution < -0.4 is 10.1 Å². The largest absolute Gasteiger partial charge is 0.492 e. The number of hydrogen-bond donors (Lipinski definition) is 1. The van der Waals surface area contributed by atoms with Crippen molar-refractivity contribution in [3.63, 3.8) is 0 Å². The number of likely N-dealkylation sites (N-methyl/N-ethyl adjacent to an activating group) is 1. The van der Waals surface area contributed by atoms with E-state index >= 15 is 0 Å². The van der Waals surface area contributed by atoms with Gasteiger partial charge in [-0.2, -0.15) is 0 Å². The molecule has 112 valence electrons. The number of thioether (sulfide) groups is 1. The fourth-order valence-corrected chi connectivity index (χ4v) is 2.90. The molecule has 0 saturated carbocycles. The predicted molar refractivity (Wildman–Crippen MR) is 86.1 cm³/mol. The number of carbonyl (C=O) groups excluding carboxylic acids is 1. The van der Waals surface area contributed by atoms with Gasteiger partial charge in [0.2, 0.25) is 5.91 Å². The van der Waals surface area contributed by atoms with Crippen LogP contribution in [0, 0.1) is 0 Å². The minimum atomic E-state index is -0.0545. The highest BCUT2D eigenvalue weighted by Crippen LogP contribution is 2.17. The van der Waals surface area contributed by atoms with Gasteiger partial charge in [0.1, 0.15) is 12.4 Å². The molecule has 1 saturated heterocycles. The van der Waals surface area contributed by atoms with Crippen LogP contribution in [0.3, 0.4) is 0 Å². The van der Waals surface area contributed by atoms with Crippen LogP contribution in [0.25, 0.3) is 0 Å². The zero-order chi connectivity index (χ0) is 13.7. The molecule has 0 spiro atoms. The number of benzene rings is 1. The maximum Gasteiger partial charge on any atom is 0.240 e. The molecule has 1 aliphatic rings. The monoisotopic (exact) mass is 336 g/mol. The van der Waals surface area contributed by atoms with Gasteiger partial charge in [-0.05, 0) is 18.2 Å². The number of ether oxygens (including phenoxy) is 1. The lowest BCUT2D eigenvalue weighted by atomic mass is 10.3. The Kier molecular flexibility index (Phi) is 7.51. The molecule has 1 aromatic rings. The fraction of sp³-hybridized carbons (Fsp3) is 0.462. The first-order valence-corrected chi connectivity index (χ1v) is 7.64. The van der Waals surface area contributed by atoms with Gasteiger partial charge in [0, 0.05) is 23.7 Å². The molecular formula is C13H18Cl2N2O2S. The van der Waals surface area contributed by atoms with E-state index in [1.807, 2.05) is 12.1 Å². The molecule has 4 nitrogen and oxygen atoms in total. The summed E-state index contributed by atoms with van der Waals surface area (Å²) in [5.74, 6) is 2.55. The summed E-state index contributed by atoms with van der Waals surface area (Å²) in [5.41, 5.74) is 0. The van der Waals surface area contributed by atoms with Crippen molar-refractivity contribution in [3.8, 4) is 5.75 Å². The SMILES string of the molecule is CN(CCOc1cccc(Cl)c1)C(=O)C1CSCN1.Cl. The molecule has 1 aromatic carbocycles. The lowest BCUT2D eigenvalue weighted by Gasteiger charge is -2.20. The summed E-state index contributed by atoms with van der Waals surface area (Å²) < 4.78 is 5.57. The molecule has 2 rings (SSSR count). The van der Waals surface area contributed by atoms with E-state index in [-0.39, 0.29) is 24.4 Å². The molecule has 1 fully saturated rings. The molecule has 0 aromatic heterocycles. The smallest absolute Gasteiger partial charge is 0.240 e. The number of nitrogens with zero attached hydrogens (tertiary/aromatic N) is 1. The van der Waals surface area contributed by atoms with Crippen molar-refractivity contribution in [2.45, 2.75) is 6.04 Å². The molecule has 1 heterocycles. The van der Waals surface area contributed by atoms with E-state index in [9.17, 15) is 4.79 Å². The van der Waals surface area contributed by atoms with Gasteiger partial charge in [-0.25, -0.2) is 0 Å². The second kappa shape index (κ2) is 8.62. The first-order chi connectivity index (χ1) is 9.16. The van der Waals surface area contributed by atoms with Crippen LogP contribution in [0.4, 0.5) is 0 Å². The Bertz CT molecular complexity index is 442. The predicted octanol–water partition coefficient (Wildman–Crippen LogP) is 2.26. The van der Waals surface area contributed by atoms with Crippen LogP contribution in [-0.4, -0.2) is 48.7 Å². The van der Waals surface area contributed by atoms with Crippen molar-refractivity contribution < 1.29 is 9.53 Å². The average Bonchev–Trinajstić information content (AvgIpc) is 2.91. The molecule has 1 unspecified atom stereocenters. The van der Waals surface area contributed by atoms with Gasteiger partial charge in [-0.3, -0.25) is 10.1 Å². The average molecular weight is 337 g/mol. The Balaban J connectivity index is 0.00000200. The third-order valence-electron chi connectivity index (χ3n) is 2.88. The zero-order valence-corrected chi connectivity index (χ0v) is 13.6. The quantitative estimate of drug-likeness (QED) is 0.895. The van der Waals surface area contributed by atoms with Gasteiger partial charge in [-0.1, -0.05) is 17.7 Å². The summed E-state index contributed by atoms with van der Waals surface area (Å²) in [5, 5.41) is 3.81. The number of hydrogen-bond acceptors (Lipinski definition) is 4. The van der Waals surface area contributed by atoms with Gasteiger partial charge in [0.25, 0.3) is 0 Å². The molecule has 1 N–H and O–H groups in total. The maximum absolute atomic E-state index is 12.0. The second-order valence-corrected chi connectivity index (χ2v) is 5.80. The summed E-state index contributed by atoms with van der Waals surface area (Å²) >= 11 is 7.61. The highest BCUT2D eigenvalue weighted by molar-refractivity contribution is 7.99. The zero-order valence-electron chi connectivity index (χ0n) is 11.2. The summed E-state index contributed by atoms with van der Waals surface area (Å²) in [6.45, 7) is 1.02. The van der Waals surface area contributed by atoms with Crippen molar-refractivity contribution in [2.24, 2.45) is 0 Å². The van der Waals surface area contributed by atoms with Crippen molar-refractivity contribution in [1.82, 2.24) is 10.2 Å². The summed E-state index contributed by atoms with van der Waals surface area (Å²) in [7, 11) is 1.80. The van der Waals surface area contributed by atoms with E-state index in [0.717, 1.165) is 17.4 Å². The number of carbonyl (C=O) groups is 1. The Hall–Kier alpha value is -0.620. The van der Waals surface area contributed by atoms with Crippen LogP contribution in [0.1, 0.15) is 0 Å². The van der Waals surface area contributed by atoms with Crippen molar-refractivity contribution in [3.05, 3.63) is 29.3 Å². The minimum Gasteiger partial charge on any atom is -0.492 e. The summed E-state index contributed by atoms with van der Waals surface area (Å²) in [4.78, 5) is 13.7. The highest BCUT2D eigenvalue weighted by Gasteiger charge is 2.25. The molecule has 0 bridgehead atoms. The molecule has 0 radical (unpaired) electrons. The van der Waals surface area contributed by atoms with E-state index in [4.69, 9.17) is 16.3 Å². The van der Waals surface area contributed by atoms with Crippen molar-refractivity contribution in [2.75, 3.05) is 31.8 Å². The lowest BCUT2D eigenvalue weighted by Crippen LogP contribution is -2.44. The van der Waals surface area contributed by atoms with Crippen molar-refractivity contribution in [1.29, 1.82) is 0 Å². The molecule has 1 aliphatic heterocycles. The minimum absolute atomic E-state index is 0. The molecule has 1 atom stereocenters. The number of rotatable bonds is 5. The molecular weight excluding hydrogens is 319 g/mol. The van der Waals surface area contributed by atoms with E-state index in [1.165, 1.54) is 0 Å². The summed E-state index contributed by atoms with van der Waals surface area (Å²) in [6.07, 6.45) is 0. The highest BCUT2D eigenvalue weighted by atomic mass is 35.5. The Morgan fingerprint density at radius 3 is 3.05 bits per heavy atom. The number of amides is 1. The van der Waals surface area contributed by atoms with E-state index in [0.29, 0.717) is 18.2 Å². The van der Waals surface area contributed by atoms with Gasteiger partial charge in [-0.15, -0.1) is 24.2 Å². The van der Waals surface area contributed by atoms with Crippen LogP contribution in [0.2, 0.25) is 5.02 Å². The second-order valence-electron chi connectivity index (χ2n) is 4.34.